The van der Waals surface area contributed by atoms with Crippen LogP contribution in [0.5, 0.6) is 0 Å². The van der Waals surface area contributed by atoms with E-state index in [1.165, 1.54) is 9.80 Å². The highest BCUT2D eigenvalue weighted by molar-refractivity contribution is 8.13. The standard InChI is InChI=1S/C25H23N3O4S/c1-27(2)25(32)33-20-13-4-3-12-19(20)26-21(29)14-7-15-28-23(30)17-10-5-8-16-9-6-11-18(22(16)17)24(28)31/h3-6,8-13H,7,14-15H2,1-2H3,(H,26,29). The second-order valence-corrected chi connectivity index (χ2v) is 8.87. The molecule has 0 unspecified atom stereocenters. The molecule has 4 amide bonds. The molecule has 3 aromatic rings. The minimum absolute atomic E-state index is 0.129. The molecule has 1 heterocycles. The van der Waals surface area contributed by atoms with Crippen molar-refractivity contribution in [1.29, 1.82) is 0 Å². The predicted octanol–water partition coefficient (Wildman–Crippen LogP) is 4.63. The van der Waals surface area contributed by atoms with E-state index in [9.17, 15) is 19.2 Å². The van der Waals surface area contributed by atoms with E-state index in [1.807, 2.05) is 12.1 Å². The summed E-state index contributed by atoms with van der Waals surface area (Å²) in [7, 11) is 3.33. The molecule has 1 aliphatic heterocycles. The van der Waals surface area contributed by atoms with Gasteiger partial charge < -0.3 is 10.2 Å². The van der Waals surface area contributed by atoms with Gasteiger partial charge in [0.2, 0.25) is 5.91 Å². The van der Waals surface area contributed by atoms with Crippen molar-refractivity contribution in [2.45, 2.75) is 17.7 Å². The first-order valence-electron chi connectivity index (χ1n) is 10.5. The number of carbonyl (C=O) groups excluding carboxylic acids is 4. The first-order chi connectivity index (χ1) is 15.9. The van der Waals surface area contributed by atoms with Crippen LogP contribution in [0.2, 0.25) is 0 Å². The van der Waals surface area contributed by atoms with Crippen LogP contribution in [-0.2, 0) is 4.79 Å². The maximum absolute atomic E-state index is 12.9. The molecule has 33 heavy (non-hydrogen) atoms. The normalized spacial score (nSPS) is 12.7. The van der Waals surface area contributed by atoms with Gasteiger partial charge in [0.25, 0.3) is 17.1 Å². The fourth-order valence-corrected chi connectivity index (χ4v) is 4.48. The van der Waals surface area contributed by atoms with Gasteiger partial charge in [0, 0.05) is 48.5 Å². The first-order valence-corrected chi connectivity index (χ1v) is 11.3. The van der Waals surface area contributed by atoms with Gasteiger partial charge in [-0.1, -0.05) is 36.4 Å². The molecule has 1 aliphatic rings. The van der Waals surface area contributed by atoms with E-state index in [2.05, 4.69) is 5.32 Å². The molecule has 168 valence electrons. The molecule has 7 nitrogen and oxygen atoms in total. The summed E-state index contributed by atoms with van der Waals surface area (Å²) in [6.07, 6.45) is 0.455. The van der Waals surface area contributed by atoms with Crippen LogP contribution >= 0.6 is 11.8 Å². The Kier molecular flexibility index (Phi) is 6.46. The topological polar surface area (TPSA) is 86.8 Å². The number of amides is 4. The molecular formula is C25H23N3O4S. The van der Waals surface area contributed by atoms with Crippen molar-refractivity contribution in [3.63, 3.8) is 0 Å². The van der Waals surface area contributed by atoms with E-state index in [0.717, 1.165) is 17.1 Å². The summed E-state index contributed by atoms with van der Waals surface area (Å²) < 4.78 is 0. The lowest BCUT2D eigenvalue weighted by Gasteiger charge is -2.27. The van der Waals surface area contributed by atoms with Crippen molar-refractivity contribution in [2.75, 3.05) is 26.0 Å². The number of nitrogens with one attached hydrogen (secondary N) is 1. The van der Waals surface area contributed by atoms with E-state index in [0.29, 0.717) is 33.5 Å². The third-order valence-electron chi connectivity index (χ3n) is 5.36. The molecule has 0 saturated heterocycles. The van der Waals surface area contributed by atoms with Gasteiger partial charge in [0.1, 0.15) is 0 Å². The fraction of sp³-hybridized carbons (Fsp3) is 0.200. The number of anilines is 1. The van der Waals surface area contributed by atoms with Gasteiger partial charge in [-0.05, 0) is 47.8 Å². The molecule has 8 heteroatoms. The number of carbonyl (C=O) groups is 4. The quantitative estimate of drug-likeness (QED) is 0.427. The zero-order chi connectivity index (χ0) is 23.5. The molecule has 1 N–H and O–H groups in total. The Morgan fingerprint density at radius 1 is 0.909 bits per heavy atom. The summed E-state index contributed by atoms with van der Waals surface area (Å²) in [5, 5.41) is 4.23. The summed E-state index contributed by atoms with van der Waals surface area (Å²) in [5.74, 6) is -0.929. The summed E-state index contributed by atoms with van der Waals surface area (Å²) in [4.78, 5) is 53.8. The number of rotatable bonds is 6. The van der Waals surface area contributed by atoms with Crippen molar-refractivity contribution >= 4 is 51.2 Å². The Morgan fingerprint density at radius 2 is 1.55 bits per heavy atom. The van der Waals surface area contributed by atoms with E-state index in [4.69, 9.17) is 0 Å². The molecule has 3 aromatic carbocycles. The fourth-order valence-electron chi connectivity index (χ4n) is 3.74. The van der Waals surface area contributed by atoms with Crippen LogP contribution < -0.4 is 5.32 Å². The number of hydrogen-bond donors (Lipinski definition) is 1. The van der Waals surface area contributed by atoms with Crippen LogP contribution in [0.25, 0.3) is 10.8 Å². The van der Waals surface area contributed by atoms with Crippen LogP contribution in [0, 0.1) is 0 Å². The number of para-hydroxylation sites is 1. The van der Waals surface area contributed by atoms with Gasteiger partial charge in [-0.3, -0.25) is 24.1 Å². The van der Waals surface area contributed by atoms with E-state index >= 15 is 0 Å². The van der Waals surface area contributed by atoms with Crippen molar-refractivity contribution in [3.8, 4) is 0 Å². The Labute approximate surface area is 195 Å². The first kappa shape index (κ1) is 22.5. The number of hydrogen-bond acceptors (Lipinski definition) is 5. The molecule has 0 saturated carbocycles. The Balaban J connectivity index is 1.40. The number of thioether (sulfide) groups is 1. The number of benzene rings is 3. The predicted molar refractivity (Wildman–Crippen MR) is 129 cm³/mol. The van der Waals surface area contributed by atoms with Gasteiger partial charge >= 0.3 is 0 Å². The lowest BCUT2D eigenvalue weighted by atomic mass is 9.94. The Hall–Kier alpha value is -3.65. The highest BCUT2D eigenvalue weighted by Gasteiger charge is 2.32. The van der Waals surface area contributed by atoms with Crippen molar-refractivity contribution in [1.82, 2.24) is 9.80 Å². The molecule has 0 bridgehead atoms. The summed E-state index contributed by atoms with van der Waals surface area (Å²) in [6.45, 7) is 0.144. The van der Waals surface area contributed by atoms with E-state index in [-0.39, 0.29) is 35.9 Å². The average Bonchev–Trinajstić information content (AvgIpc) is 2.80. The summed E-state index contributed by atoms with van der Waals surface area (Å²) in [5.41, 5.74) is 1.56. The molecule has 4 rings (SSSR count). The smallest absolute Gasteiger partial charge is 0.286 e. The molecule has 0 spiro atoms. The van der Waals surface area contributed by atoms with Crippen LogP contribution in [-0.4, -0.2) is 53.4 Å². The van der Waals surface area contributed by atoms with Gasteiger partial charge in [0.15, 0.2) is 0 Å². The molecule has 0 radical (unpaired) electrons. The zero-order valence-corrected chi connectivity index (χ0v) is 19.1. The highest BCUT2D eigenvalue weighted by atomic mass is 32.2. The van der Waals surface area contributed by atoms with Crippen LogP contribution in [0.3, 0.4) is 0 Å². The Bertz CT molecular complexity index is 1220. The molecule has 0 aliphatic carbocycles. The van der Waals surface area contributed by atoms with Gasteiger partial charge in [0.05, 0.1) is 5.69 Å². The van der Waals surface area contributed by atoms with Gasteiger partial charge in [-0.25, -0.2) is 0 Å². The minimum Gasteiger partial charge on any atom is -0.339 e. The minimum atomic E-state index is -0.339. The number of nitrogens with zero attached hydrogens (tertiary/aromatic N) is 2. The molecule has 0 fully saturated rings. The third-order valence-corrected chi connectivity index (χ3v) is 6.48. The number of imide groups is 1. The summed E-state index contributed by atoms with van der Waals surface area (Å²) in [6, 6.07) is 17.9. The maximum Gasteiger partial charge on any atom is 0.286 e. The van der Waals surface area contributed by atoms with Crippen molar-refractivity contribution in [3.05, 3.63) is 71.8 Å². The second kappa shape index (κ2) is 9.46. The van der Waals surface area contributed by atoms with E-state index < -0.39 is 0 Å². The largest absolute Gasteiger partial charge is 0.339 e. The lowest BCUT2D eigenvalue weighted by molar-refractivity contribution is -0.116. The van der Waals surface area contributed by atoms with Crippen LogP contribution in [0.4, 0.5) is 10.5 Å². The zero-order valence-electron chi connectivity index (χ0n) is 18.3. The second-order valence-electron chi connectivity index (χ2n) is 7.88. The highest BCUT2D eigenvalue weighted by Crippen LogP contribution is 2.31. The molecule has 0 atom stereocenters. The monoisotopic (exact) mass is 461 g/mol. The Morgan fingerprint density at radius 3 is 2.18 bits per heavy atom. The van der Waals surface area contributed by atoms with E-state index in [1.54, 1.807) is 62.6 Å². The summed E-state index contributed by atoms with van der Waals surface area (Å²) >= 11 is 1.03. The third kappa shape index (κ3) is 4.61. The van der Waals surface area contributed by atoms with Crippen LogP contribution in [0.1, 0.15) is 33.6 Å². The van der Waals surface area contributed by atoms with Gasteiger partial charge in [-0.2, -0.15) is 0 Å². The van der Waals surface area contributed by atoms with Gasteiger partial charge in [-0.15, -0.1) is 0 Å². The van der Waals surface area contributed by atoms with Crippen molar-refractivity contribution in [2.24, 2.45) is 0 Å². The average molecular weight is 462 g/mol. The molecule has 0 aromatic heterocycles. The van der Waals surface area contributed by atoms with Crippen molar-refractivity contribution < 1.29 is 19.2 Å². The SMILES string of the molecule is CN(C)C(=O)Sc1ccccc1NC(=O)CCCN1C(=O)c2cccc3cccc(c23)C1=O. The van der Waals surface area contributed by atoms with Crippen LogP contribution in [0.15, 0.2) is 65.6 Å². The lowest BCUT2D eigenvalue weighted by Crippen LogP contribution is -2.41. The molecular weight excluding hydrogens is 438 g/mol. The maximum atomic E-state index is 12.9.